The van der Waals surface area contributed by atoms with Gasteiger partial charge in [0, 0.05) is 0 Å². The zero-order valence-corrected chi connectivity index (χ0v) is 19.6. The molecule has 0 radical (unpaired) electrons. The first-order valence-electron chi connectivity index (χ1n) is 10.9. The Bertz CT molecular complexity index is 887. The lowest BCUT2D eigenvalue weighted by atomic mass is 10.0. The first kappa shape index (κ1) is 22.3. The van der Waals surface area contributed by atoms with Crippen LogP contribution in [0.25, 0.3) is 0 Å². The summed E-state index contributed by atoms with van der Waals surface area (Å²) in [5.41, 5.74) is 1.24. The van der Waals surface area contributed by atoms with Crippen molar-refractivity contribution in [2.24, 2.45) is 0 Å². The smallest absolute Gasteiger partial charge is 0.130 e. The number of aliphatic hydroxyl groups is 1. The van der Waals surface area contributed by atoms with Crippen molar-refractivity contribution in [1.29, 1.82) is 0 Å². The molecule has 30 heavy (non-hydrogen) atoms. The van der Waals surface area contributed by atoms with E-state index in [-0.39, 0.29) is 10.6 Å². The maximum absolute atomic E-state index is 11.2. The molecule has 0 unspecified atom stereocenters. The van der Waals surface area contributed by atoms with E-state index in [0.717, 1.165) is 5.56 Å². The van der Waals surface area contributed by atoms with E-state index < -0.39 is 14.2 Å². The topological polar surface area (TPSA) is 20.2 Å². The molecule has 0 saturated carbocycles. The molecule has 2 atom stereocenters. The normalized spacial score (nSPS) is 14.6. The average molecular weight is 415 g/mol. The van der Waals surface area contributed by atoms with Gasteiger partial charge in [0.15, 0.2) is 0 Å². The Labute approximate surface area is 183 Å². The largest absolute Gasteiger partial charge is 0.388 e. The zero-order valence-electron chi connectivity index (χ0n) is 18.6. The Morgan fingerprint density at radius 3 is 1.60 bits per heavy atom. The number of rotatable bonds is 7. The molecule has 0 aliphatic rings. The van der Waals surface area contributed by atoms with Crippen LogP contribution in [-0.2, 0) is 0 Å². The van der Waals surface area contributed by atoms with Gasteiger partial charge in [0.1, 0.15) is 8.07 Å². The molecule has 0 aliphatic heterocycles. The lowest BCUT2D eigenvalue weighted by Crippen LogP contribution is -2.67. The van der Waals surface area contributed by atoms with Crippen LogP contribution in [0, 0.1) is 0 Å². The maximum atomic E-state index is 11.2. The predicted molar refractivity (Wildman–Crippen MR) is 132 cm³/mol. The number of aliphatic hydroxyl groups excluding tert-OH is 1. The summed E-state index contributed by atoms with van der Waals surface area (Å²) < 4.78 is 0. The molecule has 0 aromatic heterocycles. The molecule has 0 saturated heterocycles. The van der Waals surface area contributed by atoms with Gasteiger partial charge in [0.25, 0.3) is 0 Å². The third-order valence-corrected chi connectivity index (χ3v) is 12.7. The maximum Gasteiger partial charge on any atom is 0.130 e. The minimum atomic E-state index is -2.34. The van der Waals surface area contributed by atoms with Gasteiger partial charge in [-0.1, -0.05) is 134 Å². The Kier molecular flexibility index (Phi) is 7.12. The SMILES string of the molecule is C/C=C\[C@H](C[C@@H](O)c1ccccc1)[Si](c1ccccc1)(c1ccccc1)C(C)(C)C. The fourth-order valence-corrected chi connectivity index (χ4v) is 11.6. The van der Waals surface area contributed by atoms with Crippen molar-refractivity contribution in [1.82, 2.24) is 0 Å². The summed E-state index contributed by atoms with van der Waals surface area (Å²) in [6.07, 6.45) is 4.74. The lowest BCUT2D eigenvalue weighted by Gasteiger charge is -2.49. The number of allylic oxidation sites excluding steroid dienone is 2. The molecule has 0 bridgehead atoms. The van der Waals surface area contributed by atoms with Gasteiger partial charge < -0.3 is 5.11 Å². The van der Waals surface area contributed by atoms with Crippen molar-refractivity contribution in [2.75, 3.05) is 0 Å². The van der Waals surface area contributed by atoms with Crippen LogP contribution in [0.2, 0.25) is 10.6 Å². The summed E-state index contributed by atoms with van der Waals surface area (Å²) in [6, 6.07) is 32.1. The Morgan fingerprint density at radius 1 is 0.767 bits per heavy atom. The van der Waals surface area contributed by atoms with E-state index in [9.17, 15) is 5.11 Å². The van der Waals surface area contributed by atoms with E-state index in [1.54, 1.807) is 0 Å². The molecule has 0 spiro atoms. The van der Waals surface area contributed by atoms with E-state index in [0.29, 0.717) is 6.42 Å². The van der Waals surface area contributed by atoms with Gasteiger partial charge in [0.05, 0.1) is 6.10 Å². The fourth-order valence-electron chi connectivity index (χ4n) is 5.10. The molecule has 1 nitrogen and oxygen atoms in total. The van der Waals surface area contributed by atoms with Crippen LogP contribution >= 0.6 is 0 Å². The van der Waals surface area contributed by atoms with E-state index in [4.69, 9.17) is 0 Å². The second-order valence-corrected chi connectivity index (χ2v) is 14.1. The molecule has 1 N–H and O–H groups in total. The standard InChI is InChI=1S/C28H34OSi/c1-5-15-26(22-27(29)23-16-9-6-10-17-23)30(28(2,3)4,24-18-11-7-12-19-24)25-20-13-8-14-21-25/h5-21,26-27,29H,22H2,1-4H3/b15-5-/t26-,27-/m1/s1. The number of benzene rings is 3. The number of hydrogen-bond donors (Lipinski definition) is 1. The third kappa shape index (κ3) is 4.35. The second kappa shape index (κ2) is 9.59. The van der Waals surface area contributed by atoms with Crippen molar-refractivity contribution in [2.45, 2.75) is 50.8 Å². The summed E-state index contributed by atoms with van der Waals surface area (Å²) in [5.74, 6) is 0. The highest BCUT2D eigenvalue weighted by molar-refractivity contribution is 7.05. The molecular weight excluding hydrogens is 380 g/mol. The van der Waals surface area contributed by atoms with Gasteiger partial charge in [-0.2, -0.15) is 0 Å². The Morgan fingerprint density at radius 2 is 1.20 bits per heavy atom. The van der Waals surface area contributed by atoms with Crippen LogP contribution < -0.4 is 10.4 Å². The molecule has 0 heterocycles. The van der Waals surface area contributed by atoms with Gasteiger partial charge in [-0.15, -0.1) is 0 Å². The van der Waals surface area contributed by atoms with Crippen LogP contribution in [0.1, 0.15) is 45.8 Å². The minimum Gasteiger partial charge on any atom is -0.388 e. The van der Waals surface area contributed by atoms with E-state index in [2.05, 4.69) is 101 Å². The van der Waals surface area contributed by atoms with Crippen molar-refractivity contribution < 1.29 is 5.11 Å². The molecule has 3 aromatic carbocycles. The first-order chi connectivity index (χ1) is 14.4. The average Bonchev–Trinajstić information content (AvgIpc) is 2.75. The summed E-state index contributed by atoms with van der Waals surface area (Å²) in [7, 11) is -2.34. The molecule has 156 valence electrons. The summed E-state index contributed by atoms with van der Waals surface area (Å²) in [5, 5.41) is 14.1. The molecule has 3 rings (SSSR count). The molecule has 0 amide bonds. The van der Waals surface area contributed by atoms with E-state index in [1.807, 2.05) is 30.3 Å². The quantitative estimate of drug-likeness (QED) is 0.365. The van der Waals surface area contributed by atoms with Gasteiger partial charge in [-0.05, 0) is 29.5 Å². The molecule has 0 fully saturated rings. The van der Waals surface area contributed by atoms with Crippen molar-refractivity contribution in [3.8, 4) is 0 Å². The molecule has 0 aliphatic carbocycles. The third-order valence-electron chi connectivity index (χ3n) is 6.28. The summed E-state index contributed by atoms with van der Waals surface area (Å²) >= 11 is 0. The highest BCUT2D eigenvalue weighted by Gasteiger charge is 2.52. The monoisotopic (exact) mass is 414 g/mol. The van der Waals surface area contributed by atoms with Crippen LogP contribution in [-0.4, -0.2) is 13.2 Å². The molecular formula is C28H34OSi. The van der Waals surface area contributed by atoms with Crippen LogP contribution in [0.4, 0.5) is 0 Å². The van der Waals surface area contributed by atoms with Crippen LogP contribution in [0.5, 0.6) is 0 Å². The van der Waals surface area contributed by atoms with E-state index >= 15 is 0 Å². The van der Waals surface area contributed by atoms with Gasteiger partial charge in [-0.3, -0.25) is 0 Å². The van der Waals surface area contributed by atoms with Gasteiger partial charge in [0.2, 0.25) is 0 Å². The Hall–Kier alpha value is -2.42. The van der Waals surface area contributed by atoms with Crippen LogP contribution in [0.3, 0.4) is 0 Å². The van der Waals surface area contributed by atoms with Gasteiger partial charge >= 0.3 is 0 Å². The van der Waals surface area contributed by atoms with Gasteiger partial charge in [-0.25, -0.2) is 0 Å². The first-order valence-corrected chi connectivity index (χ1v) is 13.0. The highest BCUT2D eigenvalue weighted by atomic mass is 28.3. The Balaban J connectivity index is 2.22. The fraction of sp³-hybridized carbons (Fsp3) is 0.286. The van der Waals surface area contributed by atoms with Crippen LogP contribution in [0.15, 0.2) is 103 Å². The molecule has 2 heteroatoms. The van der Waals surface area contributed by atoms with E-state index in [1.165, 1.54) is 10.4 Å². The zero-order chi connectivity index (χ0) is 21.6. The predicted octanol–water partition coefficient (Wildman–Crippen LogP) is 6.12. The van der Waals surface area contributed by atoms with Crippen molar-refractivity contribution in [3.05, 3.63) is 109 Å². The molecule has 3 aromatic rings. The highest BCUT2D eigenvalue weighted by Crippen LogP contribution is 2.47. The number of hydrogen-bond acceptors (Lipinski definition) is 1. The second-order valence-electron chi connectivity index (χ2n) is 9.08. The lowest BCUT2D eigenvalue weighted by molar-refractivity contribution is 0.168. The van der Waals surface area contributed by atoms with Crippen molar-refractivity contribution in [3.63, 3.8) is 0 Å². The van der Waals surface area contributed by atoms with Crippen molar-refractivity contribution >= 4 is 18.4 Å². The minimum absolute atomic E-state index is 0.0519. The summed E-state index contributed by atoms with van der Waals surface area (Å²) in [4.78, 5) is 0. The summed E-state index contributed by atoms with van der Waals surface area (Å²) in [6.45, 7) is 9.24.